The molecule has 0 aliphatic rings. The van der Waals surface area contributed by atoms with Gasteiger partial charge in [0.25, 0.3) is 0 Å². The number of ether oxygens (including phenoxy) is 1. The molecule has 0 aromatic carbocycles. The molecule has 5 nitrogen and oxygen atoms in total. The number of amides is 1. The lowest BCUT2D eigenvalue weighted by Gasteiger charge is -2.25. The highest BCUT2D eigenvalue weighted by Gasteiger charge is 2.20. The van der Waals surface area contributed by atoms with Crippen molar-refractivity contribution >= 4 is 12.4 Å². The van der Waals surface area contributed by atoms with Gasteiger partial charge in [0.05, 0.1) is 6.54 Å². The Hall–Kier alpha value is -1.10. The van der Waals surface area contributed by atoms with E-state index in [1.165, 1.54) is 0 Å². The summed E-state index contributed by atoms with van der Waals surface area (Å²) in [5, 5.41) is 1.10. The van der Waals surface area contributed by atoms with E-state index in [4.69, 9.17) is 4.74 Å². The summed E-state index contributed by atoms with van der Waals surface area (Å²) in [4.78, 5) is 21.4. The predicted octanol–water partition coefficient (Wildman–Crippen LogP) is 0.557. The molecule has 0 aromatic heterocycles. The van der Waals surface area contributed by atoms with Crippen LogP contribution in [0.2, 0.25) is 0 Å². The second-order valence-corrected chi connectivity index (χ2v) is 3.48. The van der Waals surface area contributed by atoms with Crippen LogP contribution in [0.1, 0.15) is 20.8 Å². The van der Waals surface area contributed by atoms with Crippen molar-refractivity contribution in [2.75, 3.05) is 13.6 Å². The number of nitrogens with one attached hydrogen (secondary N) is 1. The largest absolute Gasteiger partial charge is 0.443 e. The molecule has 76 valence electrons. The Morgan fingerprint density at radius 3 is 2.38 bits per heavy atom. The lowest BCUT2D eigenvalue weighted by atomic mass is 10.2. The average Bonchev–Trinajstić information content (AvgIpc) is 1.96. The van der Waals surface area contributed by atoms with Crippen molar-refractivity contribution in [1.82, 2.24) is 10.4 Å². The third-order valence-electron chi connectivity index (χ3n) is 1.14. The number of aldehydes is 1. The summed E-state index contributed by atoms with van der Waals surface area (Å²) in [6.07, 6.45) is 0.0718. The normalized spacial score (nSPS) is 10.8. The molecule has 0 atom stereocenters. The van der Waals surface area contributed by atoms with E-state index < -0.39 is 11.7 Å². The number of hydrogen-bond donors (Lipinski definition) is 1. The van der Waals surface area contributed by atoms with E-state index in [0.29, 0.717) is 6.29 Å². The Bertz CT molecular complexity index is 186. The summed E-state index contributed by atoms with van der Waals surface area (Å²) < 4.78 is 5.01. The van der Waals surface area contributed by atoms with Crippen LogP contribution < -0.4 is 5.43 Å². The molecule has 0 saturated heterocycles. The summed E-state index contributed by atoms with van der Waals surface area (Å²) in [5.41, 5.74) is 2.01. The fraction of sp³-hybridized carbons (Fsp3) is 0.750. The minimum absolute atomic E-state index is 0.0224. The summed E-state index contributed by atoms with van der Waals surface area (Å²) in [6.45, 7) is 5.27. The molecule has 0 heterocycles. The molecule has 0 aromatic rings. The van der Waals surface area contributed by atoms with Crippen molar-refractivity contribution in [3.63, 3.8) is 0 Å². The number of carbonyl (C=O) groups excluding carboxylic acids is 2. The fourth-order valence-electron chi connectivity index (χ4n) is 0.649. The Balaban J connectivity index is 4.13. The maximum Gasteiger partial charge on any atom is 0.425 e. The summed E-state index contributed by atoms with van der Waals surface area (Å²) >= 11 is 0. The van der Waals surface area contributed by atoms with Gasteiger partial charge < -0.3 is 9.53 Å². The first-order valence-electron chi connectivity index (χ1n) is 4.02. The SMILES string of the molecule is CNN(CC=O)C(=O)OC(C)(C)C. The summed E-state index contributed by atoms with van der Waals surface area (Å²) in [6, 6.07) is 0. The van der Waals surface area contributed by atoms with Crippen molar-refractivity contribution in [3.05, 3.63) is 0 Å². The quantitative estimate of drug-likeness (QED) is 0.519. The molecule has 13 heavy (non-hydrogen) atoms. The minimum atomic E-state index is -0.554. The Morgan fingerprint density at radius 1 is 1.54 bits per heavy atom. The molecule has 0 saturated carbocycles. The number of hydrazine groups is 1. The number of hydrogen-bond acceptors (Lipinski definition) is 4. The third kappa shape index (κ3) is 5.19. The van der Waals surface area contributed by atoms with Crippen LogP contribution in [-0.2, 0) is 9.53 Å². The van der Waals surface area contributed by atoms with Crippen LogP contribution in [0.25, 0.3) is 0 Å². The van der Waals surface area contributed by atoms with Crippen LogP contribution in [0.15, 0.2) is 0 Å². The van der Waals surface area contributed by atoms with Crippen LogP contribution in [0.5, 0.6) is 0 Å². The van der Waals surface area contributed by atoms with Crippen molar-refractivity contribution < 1.29 is 14.3 Å². The van der Waals surface area contributed by atoms with Gasteiger partial charge >= 0.3 is 6.09 Å². The van der Waals surface area contributed by atoms with E-state index in [1.54, 1.807) is 27.8 Å². The zero-order valence-corrected chi connectivity index (χ0v) is 8.46. The molecule has 0 fully saturated rings. The van der Waals surface area contributed by atoms with Gasteiger partial charge in [-0.1, -0.05) is 0 Å². The van der Waals surface area contributed by atoms with Crippen LogP contribution in [0.4, 0.5) is 4.79 Å². The molecule has 0 aliphatic heterocycles. The smallest absolute Gasteiger partial charge is 0.425 e. The Labute approximate surface area is 78.0 Å². The number of nitrogens with zero attached hydrogens (tertiary/aromatic N) is 1. The second kappa shape index (κ2) is 4.81. The van der Waals surface area contributed by atoms with Crippen molar-refractivity contribution in [2.45, 2.75) is 26.4 Å². The van der Waals surface area contributed by atoms with Crippen LogP contribution >= 0.6 is 0 Å². The lowest BCUT2D eigenvalue weighted by molar-refractivity contribution is -0.109. The van der Waals surface area contributed by atoms with Gasteiger partial charge in [-0.3, -0.25) is 0 Å². The maximum absolute atomic E-state index is 11.3. The molecule has 0 aliphatic carbocycles. The fourth-order valence-corrected chi connectivity index (χ4v) is 0.649. The first-order valence-corrected chi connectivity index (χ1v) is 4.02. The third-order valence-corrected chi connectivity index (χ3v) is 1.14. The molecule has 0 rings (SSSR count). The van der Waals surface area contributed by atoms with E-state index in [1.807, 2.05) is 0 Å². The number of rotatable bonds is 3. The topological polar surface area (TPSA) is 58.6 Å². The molecule has 1 N–H and O–H groups in total. The van der Waals surface area contributed by atoms with E-state index >= 15 is 0 Å². The summed E-state index contributed by atoms with van der Waals surface area (Å²) in [7, 11) is 1.55. The number of carbonyl (C=O) groups is 2. The highest BCUT2D eigenvalue weighted by molar-refractivity contribution is 5.71. The van der Waals surface area contributed by atoms with E-state index in [0.717, 1.165) is 5.01 Å². The van der Waals surface area contributed by atoms with Gasteiger partial charge in [0.2, 0.25) is 0 Å². The zero-order valence-electron chi connectivity index (χ0n) is 8.46. The minimum Gasteiger partial charge on any atom is -0.443 e. The van der Waals surface area contributed by atoms with Crippen LogP contribution in [0.3, 0.4) is 0 Å². The maximum atomic E-state index is 11.3. The molecule has 0 unspecified atom stereocenters. The molecular weight excluding hydrogens is 172 g/mol. The van der Waals surface area contributed by atoms with Gasteiger partial charge in [-0.2, -0.15) is 0 Å². The van der Waals surface area contributed by atoms with Gasteiger partial charge in [0.15, 0.2) is 0 Å². The Kier molecular flexibility index (Phi) is 4.40. The van der Waals surface area contributed by atoms with E-state index in [2.05, 4.69) is 5.43 Å². The molecule has 5 heteroatoms. The monoisotopic (exact) mass is 188 g/mol. The van der Waals surface area contributed by atoms with Gasteiger partial charge in [-0.25, -0.2) is 15.2 Å². The van der Waals surface area contributed by atoms with Crippen LogP contribution in [0, 0.1) is 0 Å². The highest BCUT2D eigenvalue weighted by Crippen LogP contribution is 2.08. The molecular formula is C8H16N2O3. The van der Waals surface area contributed by atoms with E-state index in [-0.39, 0.29) is 6.54 Å². The molecule has 1 amide bonds. The molecule has 0 spiro atoms. The highest BCUT2D eigenvalue weighted by atomic mass is 16.6. The summed E-state index contributed by atoms with van der Waals surface area (Å²) in [5.74, 6) is 0. The molecule has 0 bridgehead atoms. The average molecular weight is 188 g/mol. The van der Waals surface area contributed by atoms with Crippen molar-refractivity contribution in [1.29, 1.82) is 0 Å². The second-order valence-electron chi connectivity index (χ2n) is 3.48. The predicted molar refractivity (Wildman–Crippen MR) is 48.1 cm³/mol. The van der Waals surface area contributed by atoms with Crippen molar-refractivity contribution in [2.24, 2.45) is 0 Å². The van der Waals surface area contributed by atoms with Gasteiger partial charge in [-0.15, -0.1) is 0 Å². The van der Waals surface area contributed by atoms with Gasteiger partial charge in [-0.05, 0) is 20.8 Å². The first kappa shape index (κ1) is 11.9. The van der Waals surface area contributed by atoms with E-state index in [9.17, 15) is 9.59 Å². The first-order chi connectivity index (χ1) is 5.90. The standard InChI is InChI=1S/C8H16N2O3/c1-8(2,3)13-7(12)10(9-4)5-6-11/h6,9H,5H2,1-4H3. The molecule has 0 radical (unpaired) electrons. The lowest BCUT2D eigenvalue weighted by Crippen LogP contribution is -2.44. The van der Waals surface area contributed by atoms with Gasteiger partial charge in [0, 0.05) is 7.05 Å². The zero-order chi connectivity index (χ0) is 10.5. The van der Waals surface area contributed by atoms with Crippen LogP contribution in [-0.4, -0.2) is 36.6 Å². The Morgan fingerprint density at radius 2 is 2.08 bits per heavy atom. The van der Waals surface area contributed by atoms with Crippen molar-refractivity contribution in [3.8, 4) is 0 Å². The van der Waals surface area contributed by atoms with Gasteiger partial charge in [0.1, 0.15) is 11.9 Å².